The molecule has 0 unspecified atom stereocenters. The Morgan fingerprint density at radius 3 is 2.61 bits per heavy atom. The van der Waals surface area contributed by atoms with Crippen LogP contribution >= 0.6 is 0 Å². The number of para-hydroxylation sites is 1. The Morgan fingerprint density at radius 1 is 1.19 bits per heavy atom. The summed E-state index contributed by atoms with van der Waals surface area (Å²) in [6, 6.07) is 13.5. The molecule has 9 nitrogen and oxygen atoms in total. The number of methoxy groups -OCH3 is 1. The molecule has 0 saturated carbocycles. The van der Waals surface area contributed by atoms with Gasteiger partial charge in [0.1, 0.15) is 5.75 Å². The predicted octanol–water partition coefficient (Wildman–Crippen LogP) is 2.61. The van der Waals surface area contributed by atoms with Gasteiger partial charge in [0.2, 0.25) is 15.9 Å². The average molecular weight is 445 g/mol. The SMILES string of the molecule is COc1ccccc1[C@@H]1CC(c2cccc(NS(C)(=O)=O)c2)=NN1C(=O)CCC(=O)O. The van der Waals surface area contributed by atoms with E-state index in [1.54, 1.807) is 30.3 Å². The smallest absolute Gasteiger partial charge is 0.303 e. The minimum absolute atomic E-state index is 0.187. The minimum Gasteiger partial charge on any atom is -0.496 e. The number of carbonyl (C=O) groups is 2. The van der Waals surface area contributed by atoms with Crippen LogP contribution in [0, 0.1) is 0 Å². The molecule has 164 valence electrons. The third-order valence-electron chi connectivity index (χ3n) is 4.72. The molecule has 1 aliphatic rings. The number of anilines is 1. The molecule has 1 amide bonds. The van der Waals surface area contributed by atoms with Gasteiger partial charge in [0.25, 0.3) is 0 Å². The minimum atomic E-state index is -3.45. The number of aliphatic carboxylic acids is 1. The van der Waals surface area contributed by atoms with Crippen molar-refractivity contribution in [3.05, 3.63) is 59.7 Å². The monoisotopic (exact) mass is 445 g/mol. The summed E-state index contributed by atoms with van der Waals surface area (Å²) in [5.41, 5.74) is 2.36. The molecule has 2 N–H and O–H groups in total. The molecule has 0 aliphatic carbocycles. The topological polar surface area (TPSA) is 125 Å². The van der Waals surface area contributed by atoms with Crippen LogP contribution in [0.3, 0.4) is 0 Å². The van der Waals surface area contributed by atoms with Gasteiger partial charge in [-0.1, -0.05) is 30.3 Å². The number of hydrogen-bond donors (Lipinski definition) is 2. The van der Waals surface area contributed by atoms with Crippen molar-refractivity contribution >= 4 is 33.3 Å². The first-order chi connectivity index (χ1) is 14.7. The highest BCUT2D eigenvalue weighted by Gasteiger charge is 2.34. The second-order valence-electron chi connectivity index (χ2n) is 7.10. The summed E-state index contributed by atoms with van der Waals surface area (Å²) in [6.45, 7) is 0. The molecule has 10 heteroatoms. The zero-order valence-electron chi connectivity index (χ0n) is 17.1. The fourth-order valence-corrected chi connectivity index (χ4v) is 3.96. The maximum Gasteiger partial charge on any atom is 0.303 e. The van der Waals surface area contributed by atoms with Gasteiger partial charge in [0, 0.05) is 24.1 Å². The van der Waals surface area contributed by atoms with Crippen LogP contribution in [0.4, 0.5) is 5.69 Å². The Kier molecular flexibility index (Phi) is 6.59. The quantitative estimate of drug-likeness (QED) is 0.643. The maximum absolute atomic E-state index is 12.8. The summed E-state index contributed by atoms with van der Waals surface area (Å²) < 4.78 is 31.0. The molecule has 0 bridgehead atoms. The Labute approximate surface area is 180 Å². The van der Waals surface area contributed by atoms with E-state index in [0.717, 1.165) is 11.8 Å². The molecule has 0 spiro atoms. The van der Waals surface area contributed by atoms with Gasteiger partial charge in [-0.3, -0.25) is 14.3 Å². The molecule has 1 aliphatic heterocycles. The molecule has 31 heavy (non-hydrogen) atoms. The second kappa shape index (κ2) is 9.17. The second-order valence-corrected chi connectivity index (χ2v) is 8.84. The number of rotatable bonds is 8. The van der Waals surface area contributed by atoms with Crippen LogP contribution in [-0.4, -0.2) is 49.5 Å². The van der Waals surface area contributed by atoms with Gasteiger partial charge in [0.15, 0.2) is 0 Å². The van der Waals surface area contributed by atoms with E-state index in [-0.39, 0.29) is 12.8 Å². The maximum atomic E-state index is 12.8. The van der Waals surface area contributed by atoms with Crippen molar-refractivity contribution in [1.29, 1.82) is 0 Å². The van der Waals surface area contributed by atoms with Gasteiger partial charge < -0.3 is 9.84 Å². The first-order valence-corrected chi connectivity index (χ1v) is 11.4. The zero-order valence-corrected chi connectivity index (χ0v) is 17.9. The number of carboxylic acids is 1. The third kappa shape index (κ3) is 5.60. The molecule has 0 fully saturated rings. The summed E-state index contributed by atoms with van der Waals surface area (Å²) in [4.78, 5) is 23.7. The molecule has 3 rings (SSSR count). The van der Waals surface area contributed by atoms with Crippen molar-refractivity contribution in [3.8, 4) is 5.75 Å². The lowest BCUT2D eigenvalue weighted by Crippen LogP contribution is -2.27. The molecule has 0 saturated heterocycles. The highest BCUT2D eigenvalue weighted by Crippen LogP contribution is 2.38. The molecule has 2 aromatic carbocycles. The molecule has 0 radical (unpaired) electrons. The highest BCUT2D eigenvalue weighted by atomic mass is 32.2. The third-order valence-corrected chi connectivity index (χ3v) is 5.32. The fourth-order valence-electron chi connectivity index (χ4n) is 3.40. The molecular weight excluding hydrogens is 422 g/mol. The van der Waals surface area contributed by atoms with E-state index in [1.807, 2.05) is 18.2 Å². The van der Waals surface area contributed by atoms with Crippen LogP contribution in [-0.2, 0) is 19.6 Å². The van der Waals surface area contributed by atoms with Crippen molar-refractivity contribution in [3.63, 3.8) is 0 Å². The van der Waals surface area contributed by atoms with Crippen molar-refractivity contribution in [1.82, 2.24) is 5.01 Å². The van der Waals surface area contributed by atoms with E-state index >= 15 is 0 Å². The number of ether oxygens (including phenoxy) is 1. The molecule has 1 atom stereocenters. The van der Waals surface area contributed by atoms with E-state index in [2.05, 4.69) is 9.82 Å². The van der Waals surface area contributed by atoms with Crippen LogP contribution in [0.15, 0.2) is 53.6 Å². The van der Waals surface area contributed by atoms with Gasteiger partial charge in [-0.15, -0.1) is 0 Å². The standard InChI is InChI=1S/C21H23N3O6S/c1-30-19-9-4-3-8-16(19)18-13-17(22-24(18)20(25)10-11-21(26)27)14-6-5-7-15(12-14)23-31(2,28)29/h3-9,12,18,23H,10-11,13H2,1-2H3,(H,26,27)/t18-/m0/s1. The largest absolute Gasteiger partial charge is 0.496 e. The van der Waals surface area contributed by atoms with Crippen molar-refractivity contribution in [2.75, 3.05) is 18.1 Å². The number of amides is 1. The van der Waals surface area contributed by atoms with E-state index in [0.29, 0.717) is 29.1 Å². The van der Waals surface area contributed by atoms with Gasteiger partial charge >= 0.3 is 5.97 Å². The van der Waals surface area contributed by atoms with E-state index in [4.69, 9.17) is 9.84 Å². The lowest BCUT2D eigenvalue weighted by Gasteiger charge is -2.23. The zero-order chi connectivity index (χ0) is 22.6. The van der Waals surface area contributed by atoms with E-state index in [1.165, 1.54) is 12.1 Å². The van der Waals surface area contributed by atoms with Crippen LogP contribution in [0.1, 0.15) is 36.4 Å². The van der Waals surface area contributed by atoms with E-state index in [9.17, 15) is 18.0 Å². The first-order valence-electron chi connectivity index (χ1n) is 9.50. The van der Waals surface area contributed by atoms with Crippen LogP contribution in [0.5, 0.6) is 5.75 Å². The van der Waals surface area contributed by atoms with Crippen molar-refractivity contribution in [2.24, 2.45) is 5.10 Å². The molecule has 0 aromatic heterocycles. The van der Waals surface area contributed by atoms with Crippen molar-refractivity contribution in [2.45, 2.75) is 25.3 Å². The average Bonchev–Trinajstić information content (AvgIpc) is 3.16. The Balaban J connectivity index is 1.97. The fraction of sp³-hybridized carbons (Fsp3) is 0.286. The first kappa shape index (κ1) is 22.3. The normalized spacial score (nSPS) is 16.0. The van der Waals surface area contributed by atoms with E-state index < -0.39 is 27.9 Å². The number of hydrazone groups is 1. The summed E-state index contributed by atoms with van der Waals surface area (Å²) >= 11 is 0. The predicted molar refractivity (Wildman–Crippen MR) is 116 cm³/mol. The van der Waals surface area contributed by atoms with Crippen molar-refractivity contribution < 1.29 is 27.9 Å². The molecular formula is C21H23N3O6S. The number of nitrogens with one attached hydrogen (secondary N) is 1. The summed E-state index contributed by atoms with van der Waals surface area (Å²) in [5, 5.41) is 14.7. The van der Waals surface area contributed by atoms with Gasteiger partial charge in [-0.25, -0.2) is 13.4 Å². The molecule has 1 heterocycles. The molecule has 2 aromatic rings. The number of hydrogen-bond acceptors (Lipinski definition) is 6. The summed E-state index contributed by atoms with van der Waals surface area (Å²) in [6.07, 6.45) is 0.939. The number of benzene rings is 2. The Hall–Kier alpha value is -3.40. The lowest BCUT2D eigenvalue weighted by molar-refractivity contribution is -0.141. The van der Waals surface area contributed by atoms with Gasteiger partial charge in [-0.05, 0) is 23.8 Å². The summed E-state index contributed by atoms with van der Waals surface area (Å²) in [7, 11) is -1.91. The Bertz CT molecular complexity index is 1130. The van der Waals surface area contributed by atoms with Crippen LogP contribution in [0.2, 0.25) is 0 Å². The number of sulfonamides is 1. The number of carboxylic acid groups (broad SMARTS) is 1. The van der Waals surface area contributed by atoms with Crippen LogP contribution < -0.4 is 9.46 Å². The van der Waals surface area contributed by atoms with Gasteiger partial charge in [0.05, 0.1) is 31.5 Å². The van der Waals surface area contributed by atoms with Gasteiger partial charge in [-0.2, -0.15) is 5.10 Å². The Morgan fingerprint density at radius 2 is 1.94 bits per heavy atom. The number of nitrogens with zero attached hydrogens (tertiary/aromatic N) is 2. The van der Waals surface area contributed by atoms with Crippen LogP contribution in [0.25, 0.3) is 0 Å². The number of carbonyl (C=O) groups excluding carboxylic acids is 1. The highest BCUT2D eigenvalue weighted by molar-refractivity contribution is 7.92. The lowest BCUT2D eigenvalue weighted by atomic mass is 9.97. The summed E-state index contributed by atoms with van der Waals surface area (Å²) in [5.74, 6) is -0.892.